The fraction of sp³-hybridized carbons (Fsp3) is 0.458. The van der Waals surface area contributed by atoms with E-state index in [2.05, 4.69) is 23.1 Å². The van der Waals surface area contributed by atoms with Gasteiger partial charge < -0.3 is 19.1 Å². The second kappa shape index (κ2) is 9.79. The number of rotatable bonds is 4. The number of halogens is 1. The van der Waals surface area contributed by atoms with E-state index in [1.165, 1.54) is 5.56 Å². The predicted octanol–water partition coefficient (Wildman–Crippen LogP) is 3.90. The third kappa shape index (κ3) is 5.25. The lowest BCUT2D eigenvalue weighted by atomic mass is 9.90. The van der Waals surface area contributed by atoms with Crippen LogP contribution in [0.4, 0.5) is 0 Å². The number of likely N-dealkylation sites (tertiary alicyclic amines) is 1. The van der Waals surface area contributed by atoms with Crippen LogP contribution in [0.3, 0.4) is 0 Å². The van der Waals surface area contributed by atoms with Crippen LogP contribution in [0.15, 0.2) is 42.5 Å². The number of carbonyl (C=O) groups excluding carboxylic acids is 1. The summed E-state index contributed by atoms with van der Waals surface area (Å²) in [5.74, 6) is 2.62. The molecular weight excluding hydrogens is 416 g/mol. The van der Waals surface area contributed by atoms with Crippen LogP contribution in [0.2, 0.25) is 0 Å². The summed E-state index contributed by atoms with van der Waals surface area (Å²) in [6, 6.07) is 14.1. The molecule has 2 heterocycles. The predicted molar refractivity (Wildman–Crippen MR) is 122 cm³/mol. The number of fused-ring (bicyclic) bond motifs is 1. The molecule has 6 nitrogen and oxygen atoms in total. The number of para-hydroxylation sites is 1. The van der Waals surface area contributed by atoms with Gasteiger partial charge in [-0.15, -0.1) is 12.4 Å². The number of ether oxygens (including phenoxy) is 3. The third-order valence-corrected chi connectivity index (χ3v) is 6.17. The van der Waals surface area contributed by atoms with Gasteiger partial charge in [-0.05, 0) is 23.8 Å². The summed E-state index contributed by atoms with van der Waals surface area (Å²) < 4.78 is 17.4. The number of methoxy groups -OCH3 is 2. The molecule has 0 radical (unpaired) electrons. The van der Waals surface area contributed by atoms with Gasteiger partial charge in [-0.3, -0.25) is 9.69 Å². The fourth-order valence-electron chi connectivity index (χ4n) is 4.43. The molecule has 0 aromatic heterocycles. The molecule has 2 aliphatic rings. The van der Waals surface area contributed by atoms with Crippen molar-refractivity contribution < 1.29 is 19.0 Å². The highest BCUT2D eigenvalue weighted by molar-refractivity contribution is 5.85. The zero-order valence-electron chi connectivity index (χ0n) is 18.4. The smallest absolute Gasteiger partial charge is 0.219 e. The van der Waals surface area contributed by atoms with E-state index >= 15 is 0 Å². The quantitative estimate of drug-likeness (QED) is 0.712. The van der Waals surface area contributed by atoms with Gasteiger partial charge in [-0.2, -0.15) is 0 Å². The maximum absolute atomic E-state index is 12.2. The van der Waals surface area contributed by atoms with E-state index in [0.29, 0.717) is 13.1 Å². The number of nitrogens with zero attached hydrogens (tertiary/aromatic N) is 2. The number of hydrogen-bond donors (Lipinski definition) is 0. The van der Waals surface area contributed by atoms with Crippen LogP contribution in [0.25, 0.3) is 0 Å². The Labute approximate surface area is 190 Å². The molecule has 1 amide bonds. The zero-order valence-corrected chi connectivity index (χ0v) is 19.2. The largest absolute Gasteiger partial charge is 0.497 e. The molecule has 0 aliphatic carbocycles. The first-order valence-electron chi connectivity index (χ1n) is 10.5. The molecule has 2 aromatic rings. The van der Waals surface area contributed by atoms with Crippen LogP contribution in [0.5, 0.6) is 17.2 Å². The van der Waals surface area contributed by atoms with E-state index in [1.807, 2.05) is 29.2 Å². The first-order valence-corrected chi connectivity index (χ1v) is 10.5. The molecule has 31 heavy (non-hydrogen) atoms. The molecule has 2 aromatic carbocycles. The van der Waals surface area contributed by atoms with Crippen LogP contribution < -0.4 is 14.2 Å². The average molecular weight is 447 g/mol. The van der Waals surface area contributed by atoms with Gasteiger partial charge in [-0.1, -0.05) is 18.2 Å². The summed E-state index contributed by atoms with van der Waals surface area (Å²) in [5.41, 5.74) is 1.91. The molecule has 0 saturated carbocycles. The molecule has 1 fully saturated rings. The molecule has 0 unspecified atom stereocenters. The summed E-state index contributed by atoms with van der Waals surface area (Å²) in [6.07, 6.45) is 1.76. The summed E-state index contributed by atoms with van der Waals surface area (Å²) in [7, 11) is 3.34. The van der Waals surface area contributed by atoms with E-state index < -0.39 is 0 Å². The Hall–Kier alpha value is -2.44. The van der Waals surface area contributed by atoms with Crippen molar-refractivity contribution in [1.82, 2.24) is 9.80 Å². The summed E-state index contributed by atoms with van der Waals surface area (Å²) in [4.78, 5) is 16.6. The Balaban J connectivity index is 0.00000272. The Morgan fingerprint density at radius 3 is 2.32 bits per heavy atom. The molecule has 4 rings (SSSR count). The third-order valence-electron chi connectivity index (χ3n) is 6.17. The highest BCUT2D eigenvalue weighted by Gasteiger charge is 2.41. The van der Waals surface area contributed by atoms with Crippen molar-refractivity contribution in [1.29, 1.82) is 0 Å². The summed E-state index contributed by atoms with van der Waals surface area (Å²) >= 11 is 0. The van der Waals surface area contributed by atoms with Crippen molar-refractivity contribution in [3.63, 3.8) is 0 Å². The standard InChI is InChI=1S/C24H30N2O4.ClH/c1-18(27)26-16-20-6-4-5-7-23(20)30-24(17-26)8-10-25(11-9-24)15-19-12-21(28-2)14-22(13-19)29-3;/h4-7,12-14H,8-11,15-17H2,1-3H3;1H. The number of piperidine rings is 1. The second-order valence-electron chi connectivity index (χ2n) is 8.26. The van der Waals surface area contributed by atoms with E-state index in [-0.39, 0.29) is 23.9 Å². The van der Waals surface area contributed by atoms with Gasteiger partial charge in [0.2, 0.25) is 5.91 Å². The van der Waals surface area contributed by atoms with Crippen LogP contribution in [0.1, 0.15) is 30.9 Å². The molecule has 0 bridgehead atoms. The second-order valence-corrected chi connectivity index (χ2v) is 8.26. The molecule has 1 spiro atoms. The molecule has 0 atom stereocenters. The molecule has 168 valence electrons. The average Bonchev–Trinajstić information content (AvgIpc) is 2.92. The molecular formula is C24H31ClN2O4. The lowest BCUT2D eigenvalue weighted by Crippen LogP contribution is -2.53. The monoisotopic (exact) mass is 446 g/mol. The van der Waals surface area contributed by atoms with Gasteiger partial charge in [0.05, 0.1) is 20.8 Å². The summed E-state index contributed by atoms with van der Waals surface area (Å²) in [5, 5.41) is 0. The van der Waals surface area contributed by atoms with Crippen LogP contribution in [-0.2, 0) is 17.9 Å². The molecule has 7 heteroatoms. The Morgan fingerprint density at radius 2 is 1.71 bits per heavy atom. The first kappa shape index (κ1) is 23.2. The van der Waals surface area contributed by atoms with Crippen molar-refractivity contribution in [2.75, 3.05) is 33.9 Å². The van der Waals surface area contributed by atoms with Crippen molar-refractivity contribution in [3.8, 4) is 17.2 Å². The van der Waals surface area contributed by atoms with Crippen molar-refractivity contribution in [2.45, 2.75) is 38.5 Å². The normalized spacial score (nSPS) is 17.7. The number of benzene rings is 2. The highest BCUT2D eigenvalue weighted by Crippen LogP contribution is 2.36. The lowest BCUT2D eigenvalue weighted by molar-refractivity contribution is -0.132. The number of hydrogen-bond acceptors (Lipinski definition) is 5. The van der Waals surface area contributed by atoms with Gasteiger partial charge in [0, 0.05) is 57.6 Å². The van der Waals surface area contributed by atoms with Gasteiger partial charge in [0.25, 0.3) is 0 Å². The maximum atomic E-state index is 12.2. The van der Waals surface area contributed by atoms with Crippen molar-refractivity contribution in [2.24, 2.45) is 0 Å². The minimum atomic E-state index is -0.332. The molecule has 1 saturated heterocycles. The Morgan fingerprint density at radius 1 is 1.06 bits per heavy atom. The topological polar surface area (TPSA) is 51.2 Å². The first-order chi connectivity index (χ1) is 14.5. The number of carbonyl (C=O) groups is 1. The minimum absolute atomic E-state index is 0. The highest BCUT2D eigenvalue weighted by atomic mass is 35.5. The minimum Gasteiger partial charge on any atom is -0.497 e. The zero-order chi connectivity index (χ0) is 21.1. The Bertz CT molecular complexity index is 890. The van der Waals surface area contributed by atoms with E-state index in [0.717, 1.165) is 55.3 Å². The molecule has 0 N–H and O–H groups in total. The summed E-state index contributed by atoms with van der Waals surface area (Å²) in [6.45, 7) is 5.54. The van der Waals surface area contributed by atoms with E-state index in [1.54, 1.807) is 21.1 Å². The molecule has 2 aliphatic heterocycles. The number of amides is 1. The van der Waals surface area contributed by atoms with Crippen molar-refractivity contribution >= 4 is 18.3 Å². The Kier molecular flexibility index (Phi) is 7.34. The SMILES string of the molecule is COc1cc(CN2CCC3(CC2)CN(C(C)=O)Cc2ccccc2O3)cc(OC)c1.Cl. The van der Waals surface area contributed by atoms with Gasteiger partial charge in [0.1, 0.15) is 22.8 Å². The maximum Gasteiger partial charge on any atom is 0.219 e. The lowest BCUT2D eigenvalue weighted by Gasteiger charge is -2.42. The van der Waals surface area contributed by atoms with Crippen LogP contribution in [-0.4, -0.2) is 55.2 Å². The van der Waals surface area contributed by atoms with Crippen molar-refractivity contribution in [3.05, 3.63) is 53.6 Å². The van der Waals surface area contributed by atoms with Crippen LogP contribution in [0, 0.1) is 0 Å². The van der Waals surface area contributed by atoms with Gasteiger partial charge in [0.15, 0.2) is 0 Å². The van der Waals surface area contributed by atoms with E-state index in [9.17, 15) is 4.79 Å². The van der Waals surface area contributed by atoms with E-state index in [4.69, 9.17) is 14.2 Å². The fourth-order valence-corrected chi connectivity index (χ4v) is 4.43. The van der Waals surface area contributed by atoms with Gasteiger partial charge >= 0.3 is 0 Å². The van der Waals surface area contributed by atoms with Crippen LogP contribution >= 0.6 is 12.4 Å². The van der Waals surface area contributed by atoms with Gasteiger partial charge in [-0.25, -0.2) is 0 Å².